The van der Waals surface area contributed by atoms with Gasteiger partial charge >= 0.3 is 0 Å². The molecule has 0 radical (unpaired) electrons. The lowest BCUT2D eigenvalue weighted by Gasteiger charge is -2.08. The predicted octanol–water partition coefficient (Wildman–Crippen LogP) is 9.10. The van der Waals surface area contributed by atoms with Crippen LogP contribution < -0.4 is 9.47 Å². The number of methoxy groups -OCH3 is 2. The summed E-state index contributed by atoms with van der Waals surface area (Å²) in [6.45, 7) is 0. The van der Waals surface area contributed by atoms with Gasteiger partial charge in [-0.1, -0.05) is 72.8 Å². The molecule has 200 valence electrons. The molecule has 4 heteroatoms. The van der Waals surface area contributed by atoms with E-state index in [1.165, 1.54) is 11.1 Å². The first-order chi connectivity index (χ1) is 20.2. The molecule has 0 saturated carbocycles. The molecular formula is C37H30N2O2. The molecule has 0 spiro atoms. The Balaban J connectivity index is 1.12. The molecule has 0 atom stereocenters. The topological polar surface area (TPSA) is 43.2 Å². The summed E-state index contributed by atoms with van der Waals surface area (Å²) in [4.78, 5) is 9.45. The SMILES string of the molecule is COc1ccc(C=Nc2ccc(Cc3ccc(N=Cc4ccc(OC)c5ccccc45)cc3)cc2)c2ccccc12. The van der Waals surface area contributed by atoms with E-state index < -0.39 is 0 Å². The molecule has 0 aliphatic rings. The maximum atomic E-state index is 5.51. The summed E-state index contributed by atoms with van der Waals surface area (Å²) < 4.78 is 11.0. The minimum absolute atomic E-state index is 0.847. The van der Waals surface area contributed by atoms with E-state index in [0.29, 0.717) is 0 Å². The molecule has 6 rings (SSSR count). The predicted molar refractivity (Wildman–Crippen MR) is 171 cm³/mol. The first-order valence-corrected chi connectivity index (χ1v) is 13.6. The van der Waals surface area contributed by atoms with Crippen molar-refractivity contribution in [3.8, 4) is 11.5 Å². The molecule has 0 fully saturated rings. The van der Waals surface area contributed by atoms with Crippen molar-refractivity contribution in [3.05, 3.63) is 144 Å². The number of benzene rings is 6. The van der Waals surface area contributed by atoms with E-state index in [1.54, 1.807) is 14.2 Å². The van der Waals surface area contributed by atoms with Crippen molar-refractivity contribution in [1.82, 2.24) is 0 Å². The third-order valence-corrected chi connectivity index (χ3v) is 7.26. The first-order valence-electron chi connectivity index (χ1n) is 13.6. The maximum Gasteiger partial charge on any atom is 0.126 e. The van der Waals surface area contributed by atoms with E-state index in [2.05, 4.69) is 72.8 Å². The van der Waals surface area contributed by atoms with E-state index in [9.17, 15) is 0 Å². The molecule has 0 N–H and O–H groups in total. The molecule has 0 aliphatic heterocycles. The average Bonchev–Trinajstić information content (AvgIpc) is 3.03. The summed E-state index contributed by atoms with van der Waals surface area (Å²) in [6.07, 6.45) is 4.69. The van der Waals surface area contributed by atoms with Crippen LogP contribution in [0.4, 0.5) is 11.4 Å². The number of hydrogen-bond donors (Lipinski definition) is 0. The van der Waals surface area contributed by atoms with Gasteiger partial charge in [-0.3, -0.25) is 9.98 Å². The summed E-state index contributed by atoms with van der Waals surface area (Å²) in [7, 11) is 3.40. The van der Waals surface area contributed by atoms with E-state index in [0.717, 1.165) is 62.0 Å². The Hall–Kier alpha value is -5.22. The largest absolute Gasteiger partial charge is 0.496 e. The monoisotopic (exact) mass is 534 g/mol. The van der Waals surface area contributed by atoms with Crippen molar-refractivity contribution in [1.29, 1.82) is 0 Å². The highest BCUT2D eigenvalue weighted by molar-refractivity contribution is 6.03. The zero-order valence-corrected chi connectivity index (χ0v) is 23.1. The Kier molecular flexibility index (Phi) is 7.55. The summed E-state index contributed by atoms with van der Waals surface area (Å²) >= 11 is 0. The molecule has 0 bridgehead atoms. The molecule has 0 unspecified atom stereocenters. The number of hydrogen-bond acceptors (Lipinski definition) is 4. The van der Waals surface area contributed by atoms with Crippen LogP contribution in [-0.4, -0.2) is 26.6 Å². The molecule has 41 heavy (non-hydrogen) atoms. The molecular weight excluding hydrogens is 504 g/mol. The van der Waals surface area contributed by atoms with Gasteiger partial charge < -0.3 is 9.47 Å². The minimum atomic E-state index is 0.847. The fourth-order valence-corrected chi connectivity index (χ4v) is 5.09. The van der Waals surface area contributed by atoms with Gasteiger partial charge in [0, 0.05) is 34.3 Å². The van der Waals surface area contributed by atoms with E-state index in [1.807, 2.05) is 61.0 Å². The van der Waals surface area contributed by atoms with Gasteiger partial charge in [-0.2, -0.15) is 0 Å². The lowest BCUT2D eigenvalue weighted by Crippen LogP contribution is -1.90. The summed E-state index contributed by atoms with van der Waals surface area (Å²) in [5.41, 5.74) is 6.44. The van der Waals surface area contributed by atoms with Crippen LogP contribution in [0.5, 0.6) is 11.5 Å². The number of fused-ring (bicyclic) bond motifs is 2. The van der Waals surface area contributed by atoms with Gasteiger partial charge in [0.2, 0.25) is 0 Å². The van der Waals surface area contributed by atoms with E-state index >= 15 is 0 Å². The van der Waals surface area contributed by atoms with E-state index in [4.69, 9.17) is 19.5 Å². The minimum Gasteiger partial charge on any atom is -0.496 e. The third kappa shape index (κ3) is 5.73. The first kappa shape index (κ1) is 26.0. The summed E-state index contributed by atoms with van der Waals surface area (Å²) in [6, 6.07) is 41.3. The average molecular weight is 535 g/mol. The molecule has 0 heterocycles. The van der Waals surface area contributed by atoms with Gasteiger partial charge in [-0.05, 0) is 76.9 Å². The molecule has 0 aromatic heterocycles. The van der Waals surface area contributed by atoms with Crippen molar-refractivity contribution < 1.29 is 9.47 Å². The van der Waals surface area contributed by atoms with Crippen molar-refractivity contribution in [2.45, 2.75) is 6.42 Å². The highest BCUT2D eigenvalue weighted by atomic mass is 16.5. The Morgan fingerprint density at radius 1 is 0.463 bits per heavy atom. The van der Waals surface area contributed by atoms with Crippen molar-refractivity contribution >= 4 is 45.3 Å². The number of ether oxygens (including phenoxy) is 2. The summed E-state index contributed by atoms with van der Waals surface area (Å²) in [5.74, 6) is 1.74. The van der Waals surface area contributed by atoms with Gasteiger partial charge in [0.1, 0.15) is 11.5 Å². The second-order valence-corrected chi connectivity index (χ2v) is 9.83. The second-order valence-electron chi connectivity index (χ2n) is 9.83. The van der Waals surface area contributed by atoms with Crippen LogP contribution in [0.15, 0.2) is 131 Å². The Morgan fingerprint density at radius 2 is 0.854 bits per heavy atom. The zero-order chi connectivity index (χ0) is 28.0. The molecule has 0 aliphatic carbocycles. The van der Waals surface area contributed by atoms with Gasteiger partial charge in [-0.15, -0.1) is 0 Å². The molecule has 6 aromatic carbocycles. The van der Waals surface area contributed by atoms with Gasteiger partial charge in [0.05, 0.1) is 25.6 Å². The second kappa shape index (κ2) is 11.9. The Bertz CT molecular complexity index is 1730. The molecule has 4 nitrogen and oxygen atoms in total. The Morgan fingerprint density at radius 3 is 1.24 bits per heavy atom. The fourth-order valence-electron chi connectivity index (χ4n) is 5.09. The summed E-state index contributed by atoms with van der Waals surface area (Å²) in [5, 5.41) is 4.41. The number of nitrogens with zero attached hydrogens (tertiary/aromatic N) is 2. The molecule has 6 aromatic rings. The lowest BCUT2D eigenvalue weighted by atomic mass is 10.0. The number of aliphatic imine (C=N–C) groups is 2. The van der Waals surface area contributed by atoms with Crippen LogP contribution >= 0.6 is 0 Å². The van der Waals surface area contributed by atoms with Crippen LogP contribution in [0, 0.1) is 0 Å². The Labute approximate surface area is 240 Å². The van der Waals surface area contributed by atoms with Crippen LogP contribution in [-0.2, 0) is 6.42 Å². The normalized spacial score (nSPS) is 11.6. The van der Waals surface area contributed by atoms with Crippen molar-refractivity contribution in [3.63, 3.8) is 0 Å². The quantitative estimate of drug-likeness (QED) is 0.183. The zero-order valence-electron chi connectivity index (χ0n) is 23.1. The van der Waals surface area contributed by atoms with E-state index in [-0.39, 0.29) is 0 Å². The third-order valence-electron chi connectivity index (χ3n) is 7.26. The van der Waals surface area contributed by atoms with Crippen LogP contribution in [0.1, 0.15) is 22.3 Å². The number of rotatable bonds is 8. The van der Waals surface area contributed by atoms with Gasteiger partial charge in [0.15, 0.2) is 0 Å². The maximum absolute atomic E-state index is 5.51. The molecule has 0 amide bonds. The fraction of sp³-hybridized carbons (Fsp3) is 0.0811. The highest BCUT2D eigenvalue weighted by Gasteiger charge is 2.06. The standard InChI is InChI=1S/C37H30N2O2/c1-40-36-21-15-28(32-7-3-5-9-34(32)36)24-38-30-17-11-26(12-18-30)23-27-13-19-31(20-14-27)39-25-29-16-22-37(41-2)35-10-6-4-8-33(29)35/h3-22,24-25H,23H2,1-2H3. The van der Waals surface area contributed by atoms with Crippen molar-refractivity contribution in [2.75, 3.05) is 14.2 Å². The van der Waals surface area contributed by atoms with Crippen LogP contribution in [0.25, 0.3) is 21.5 Å². The highest BCUT2D eigenvalue weighted by Crippen LogP contribution is 2.29. The van der Waals surface area contributed by atoms with Crippen molar-refractivity contribution in [2.24, 2.45) is 9.98 Å². The lowest BCUT2D eigenvalue weighted by molar-refractivity contribution is 0.419. The van der Waals surface area contributed by atoms with Crippen LogP contribution in [0.2, 0.25) is 0 Å². The van der Waals surface area contributed by atoms with Gasteiger partial charge in [0.25, 0.3) is 0 Å². The smallest absolute Gasteiger partial charge is 0.126 e. The van der Waals surface area contributed by atoms with Gasteiger partial charge in [-0.25, -0.2) is 0 Å². The molecule has 0 saturated heterocycles. The van der Waals surface area contributed by atoms with Crippen LogP contribution in [0.3, 0.4) is 0 Å².